The molecule has 4 heteroatoms. The maximum atomic E-state index is 10.7. The molecule has 0 bridgehead atoms. The van der Waals surface area contributed by atoms with Crippen LogP contribution >= 0.6 is 0 Å². The fraction of sp³-hybridized carbons (Fsp3) is 0.278. The first-order valence-corrected chi connectivity index (χ1v) is 7.16. The number of benzene rings is 2. The Morgan fingerprint density at radius 2 is 1.64 bits per heavy atom. The van der Waals surface area contributed by atoms with Crippen LogP contribution in [0.25, 0.3) is 0 Å². The third kappa shape index (κ3) is 4.52. The van der Waals surface area contributed by atoms with Crippen LogP contribution in [0.3, 0.4) is 0 Å². The molecular weight excluding hydrogens is 280 g/mol. The Morgan fingerprint density at radius 1 is 1.05 bits per heavy atom. The minimum Gasteiger partial charge on any atom is -0.497 e. The maximum Gasteiger partial charge on any atom is 0.303 e. The lowest BCUT2D eigenvalue weighted by molar-refractivity contribution is -0.137. The molecule has 116 valence electrons. The van der Waals surface area contributed by atoms with E-state index in [2.05, 4.69) is 0 Å². The molecule has 0 radical (unpaired) electrons. The molecule has 2 rings (SSSR count). The summed E-state index contributed by atoms with van der Waals surface area (Å²) < 4.78 is 10.8. The number of hydrogen-bond acceptors (Lipinski definition) is 3. The van der Waals surface area contributed by atoms with Gasteiger partial charge in [0, 0.05) is 0 Å². The number of ether oxygens (including phenoxy) is 2. The third-order valence-corrected chi connectivity index (χ3v) is 3.49. The van der Waals surface area contributed by atoms with E-state index in [-0.39, 0.29) is 12.3 Å². The molecule has 0 amide bonds. The molecule has 0 saturated carbocycles. The molecule has 0 aliphatic carbocycles. The van der Waals surface area contributed by atoms with E-state index in [4.69, 9.17) is 14.6 Å². The van der Waals surface area contributed by atoms with Crippen molar-refractivity contribution in [2.45, 2.75) is 25.9 Å². The van der Waals surface area contributed by atoms with E-state index in [1.165, 1.54) is 0 Å². The molecule has 0 heterocycles. The van der Waals surface area contributed by atoms with Crippen LogP contribution in [-0.2, 0) is 11.4 Å². The van der Waals surface area contributed by atoms with Crippen molar-refractivity contribution in [3.05, 3.63) is 59.7 Å². The van der Waals surface area contributed by atoms with Crippen molar-refractivity contribution in [3.63, 3.8) is 0 Å². The molecule has 4 nitrogen and oxygen atoms in total. The van der Waals surface area contributed by atoms with Crippen molar-refractivity contribution in [3.8, 4) is 11.5 Å². The summed E-state index contributed by atoms with van der Waals surface area (Å²) in [7, 11) is 1.64. The molecule has 0 unspecified atom stereocenters. The molecule has 0 fully saturated rings. The van der Waals surface area contributed by atoms with Crippen molar-refractivity contribution in [1.82, 2.24) is 0 Å². The van der Waals surface area contributed by atoms with Crippen LogP contribution in [0.4, 0.5) is 0 Å². The fourth-order valence-electron chi connectivity index (χ4n) is 2.16. The molecule has 0 aliphatic heterocycles. The van der Waals surface area contributed by atoms with Gasteiger partial charge in [0.2, 0.25) is 0 Å². The van der Waals surface area contributed by atoms with Crippen LogP contribution in [-0.4, -0.2) is 18.2 Å². The molecular formula is C18H20O4. The first-order chi connectivity index (χ1) is 10.6. The van der Waals surface area contributed by atoms with Crippen LogP contribution in [0, 0.1) is 0 Å². The zero-order valence-corrected chi connectivity index (χ0v) is 12.8. The SMILES string of the molecule is COc1ccc(COc2ccc([C@@H](C)CC(=O)O)cc2)cc1. The number of hydrogen-bond donors (Lipinski definition) is 1. The third-order valence-electron chi connectivity index (χ3n) is 3.49. The van der Waals surface area contributed by atoms with Crippen molar-refractivity contribution in [2.75, 3.05) is 7.11 Å². The van der Waals surface area contributed by atoms with E-state index in [0.29, 0.717) is 6.61 Å². The first kappa shape index (κ1) is 15.9. The van der Waals surface area contributed by atoms with Gasteiger partial charge in [-0.05, 0) is 41.3 Å². The molecule has 0 saturated heterocycles. The van der Waals surface area contributed by atoms with Gasteiger partial charge in [-0.15, -0.1) is 0 Å². The molecule has 0 spiro atoms. The standard InChI is InChI=1S/C18H20O4/c1-13(11-18(19)20)15-5-9-17(10-6-15)22-12-14-3-7-16(21-2)8-4-14/h3-10,13H,11-12H2,1-2H3,(H,19,20)/t13-/m0/s1. The highest BCUT2D eigenvalue weighted by Crippen LogP contribution is 2.22. The number of rotatable bonds is 7. The summed E-state index contributed by atoms with van der Waals surface area (Å²) in [6.07, 6.45) is 0.131. The number of carboxylic acid groups (broad SMARTS) is 1. The second-order valence-corrected chi connectivity index (χ2v) is 5.20. The van der Waals surface area contributed by atoms with E-state index >= 15 is 0 Å². The number of aliphatic carboxylic acids is 1. The zero-order chi connectivity index (χ0) is 15.9. The molecule has 22 heavy (non-hydrogen) atoms. The van der Waals surface area contributed by atoms with Crippen LogP contribution in [0.5, 0.6) is 11.5 Å². The van der Waals surface area contributed by atoms with Gasteiger partial charge >= 0.3 is 5.97 Å². The summed E-state index contributed by atoms with van der Waals surface area (Å²) in [5.74, 6) is 0.795. The molecule has 1 atom stereocenters. The summed E-state index contributed by atoms with van der Waals surface area (Å²) in [4.78, 5) is 10.7. The monoisotopic (exact) mass is 300 g/mol. The van der Waals surface area contributed by atoms with Gasteiger partial charge in [0.05, 0.1) is 13.5 Å². The van der Waals surface area contributed by atoms with Gasteiger partial charge in [0.25, 0.3) is 0 Å². The molecule has 1 N–H and O–H groups in total. The van der Waals surface area contributed by atoms with Gasteiger partial charge in [0.1, 0.15) is 18.1 Å². The summed E-state index contributed by atoms with van der Waals surface area (Å²) in [6, 6.07) is 15.3. The van der Waals surface area contributed by atoms with E-state index in [9.17, 15) is 4.79 Å². The molecule has 2 aromatic rings. The van der Waals surface area contributed by atoms with Gasteiger partial charge in [-0.3, -0.25) is 4.79 Å². The zero-order valence-electron chi connectivity index (χ0n) is 12.8. The minimum absolute atomic E-state index is 0.00635. The predicted octanol–water partition coefficient (Wildman–Crippen LogP) is 3.85. The highest BCUT2D eigenvalue weighted by molar-refractivity contribution is 5.67. The van der Waals surface area contributed by atoms with E-state index in [1.54, 1.807) is 7.11 Å². The number of carboxylic acids is 1. The van der Waals surface area contributed by atoms with Gasteiger partial charge in [-0.2, -0.15) is 0 Å². The molecule has 0 aliphatic rings. The smallest absolute Gasteiger partial charge is 0.303 e. The Balaban J connectivity index is 1.91. The van der Waals surface area contributed by atoms with Crippen molar-refractivity contribution in [1.29, 1.82) is 0 Å². The lowest BCUT2D eigenvalue weighted by atomic mass is 9.98. The quantitative estimate of drug-likeness (QED) is 0.843. The fourth-order valence-corrected chi connectivity index (χ4v) is 2.16. The summed E-state index contributed by atoms with van der Waals surface area (Å²) >= 11 is 0. The molecule has 0 aromatic heterocycles. The van der Waals surface area contributed by atoms with Crippen LogP contribution in [0.2, 0.25) is 0 Å². The van der Waals surface area contributed by atoms with Crippen molar-refractivity contribution in [2.24, 2.45) is 0 Å². The van der Waals surface area contributed by atoms with Crippen molar-refractivity contribution < 1.29 is 19.4 Å². The Bertz CT molecular complexity index is 602. The second-order valence-electron chi connectivity index (χ2n) is 5.20. The van der Waals surface area contributed by atoms with Gasteiger partial charge < -0.3 is 14.6 Å². The Hall–Kier alpha value is -2.49. The predicted molar refractivity (Wildman–Crippen MR) is 84.4 cm³/mol. The highest BCUT2D eigenvalue weighted by atomic mass is 16.5. The van der Waals surface area contributed by atoms with Crippen LogP contribution in [0.1, 0.15) is 30.4 Å². The average molecular weight is 300 g/mol. The minimum atomic E-state index is -0.785. The normalized spacial score (nSPS) is 11.7. The Labute approximate surface area is 130 Å². The maximum absolute atomic E-state index is 10.7. The van der Waals surface area contributed by atoms with Crippen LogP contribution in [0.15, 0.2) is 48.5 Å². The largest absolute Gasteiger partial charge is 0.497 e. The van der Waals surface area contributed by atoms with E-state index in [1.807, 2.05) is 55.5 Å². The topological polar surface area (TPSA) is 55.8 Å². The van der Waals surface area contributed by atoms with E-state index in [0.717, 1.165) is 22.6 Å². The Kier molecular flexibility index (Phi) is 5.42. The number of methoxy groups -OCH3 is 1. The van der Waals surface area contributed by atoms with Gasteiger partial charge in [0.15, 0.2) is 0 Å². The Morgan fingerprint density at radius 3 is 2.18 bits per heavy atom. The van der Waals surface area contributed by atoms with Crippen LogP contribution < -0.4 is 9.47 Å². The van der Waals surface area contributed by atoms with Gasteiger partial charge in [-0.25, -0.2) is 0 Å². The summed E-state index contributed by atoms with van der Waals surface area (Å²) in [5.41, 5.74) is 2.06. The lowest BCUT2D eigenvalue weighted by Gasteiger charge is -2.11. The summed E-state index contributed by atoms with van der Waals surface area (Å²) in [5, 5.41) is 8.81. The summed E-state index contributed by atoms with van der Waals surface area (Å²) in [6.45, 7) is 2.38. The first-order valence-electron chi connectivity index (χ1n) is 7.16. The molecule has 2 aromatic carbocycles. The van der Waals surface area contributed by atoms with Crippen molar-refractivity contribution >= 4 is 5.97 Å². The second kappa shape index (κ2) is 7.50. The van der Waals surface area contributed by atoms with Gasteiger partial charge in [-0.1, -0.05) is 31.2 Å². The van der Waals surface area contributed by atoms with E-state index < -0.39 is 5.97 Å². The number of carbonyl (C=O) groups is 1. The highest BCUT2D eigenvalue weighted by Gasteiger charge is 2.10. The average Bonchev–Trinajstić information content (AvgIpc) is 2.53. The lowest BCUT2D eigenvalue weighted by Crippen LogP contribution is -2.03.